The van der Waals surface area contributed by atoms with Crippen LogP contribution in [0, 0.1) is 5.92 Å². The second-order valence-corrected chi connectivity index (χ2v) is 6.22. The normalized spacial score (nSPS) is 18.6. The van der Waals surface area contributed by atoms with Crippen LogP contribution in [0.25, 0.3) is 0 Å². The van der Waals surface area contributed by atoms with Gasteiger partial charge in [0.05, 0.1) is 6.61 Å². The zero-order chi connectivity index (χ0) is 12.1. The summed E-state index contributed by atoms with van der Waals surface area (Å²) in [5.74, 6) is 2.58. The molecule has 1 unspecified atom stereocenters. The molecule has 1 aromatic rings. The lowest BCUT2D eigenvalue weighted by atomic mass is 10.0. The molecular formula is C15H22OS. The van der Waals surface area contributed by atoms with Crippen LogP contribution >= 0.6 is 11.8 Å². The molecular weight excluding hydrogens is 228 g/mol. The summed E-state index contributed by atoms with van der Waals surface area (Å²) in [6.07, 6.45) is 2.47. The lowest BCUT2D eigenvalue weighted by molar-refractivity contribution is 0.118. The Morgan fingerprint density at radius 1 is 1.35 bits per heavy atom. The third-order valence-corrected chi connectivity index (χ3v) is 4.44. The van der Waals surface area contributed by atoms with Gasteiger partial charge in [-0.3, -0.25) is 0 Å². The first-order valence-corrected chi connectivity index (χ1v) is 7.55. The third kappa shape index (κ3) is 3.75. The van der Waals surface area contributed by atoms with Crippen LogP contribution in [0.4, 0.5) is 0 Å². The van der Waals surface area contributed by atoms with Crippen molar-refractivity contribution in [3.8, 4) is 0 Å². The molecule has 0 fully saturated rings. The van der Waals surface area contributed by atoms with E-state index in [0.29, 0.717) is 5.92 Å². The standard InChI is InChI=1S/C15H22OS/c1-12(2)6-5-9-16-10-13-11-17-15-8-4-3-7-14(13)15/h3-4,7-8,12-13H,5-6,9-11H2,1-2H3. The number of hydrogen-bond donors (Lipinski definition) is 0. The zero-order valence-corrected chi connectivity index (χ0v) is 11.6. The van der Waals surface area contributed by atoms with Crippen molar-refractivity contribution in [2.24, 2.45) is 5.92 Å². The molecule has 0 radical (unpaired) electrons. The summed E-state index contributed by atoms with van der Waals surface area (Å²) < 4.78 is 5.81. The summed E-state index contributed by atoms with van der Waals surface area (Å²) in [4.78, 5) is 1.45. The van der Waals surface area contributed by atoms with Crippen LogP contribution in [-0.4, -0.2) is 19.0 Å². The lowest BCUT2D eigenvalue weighted by Gasteiger charge is -2.11. The minimum atomic E-state index is 0.607. The maximum atomic E-state index is 5.81. The van der Waals surface area contributed by atoms with Crippen molar-refractivity contribution in [1.29, 1.82) is 0 Å². The van der Waals surface area contributed by atoms with Gasteiger partial charge in [-0.1, -0.05) is 32.0 Å². The molecule has 0 saturated carbocycles. The van der Waals surface area contributed by atoms with E-state index in [2.05, 4.69) is 38.1 Å². The van der Waals surface area contributed by atoms with Gasteiger partial charge >= 0.3 is 0 Å². The Balaban J connectivity index is 1.71. The number of fused-ring (bicyclic) bond motifs is 1. The van der Waals surface area contributed by atoms with Crippen LogP contribution in [0.1, 0.15) is 38.2 Å². The number of rotatable bonds is 6. The van der Waals surface area contributed by atoms with Gasteiger partial charge < -0.3 is 4.74 Å². The first-order valence-electron chi connectivity index (χ1n) is 6.57. The molecule has 0 N–H and O–H groups in total. The SMILES string of the molecule is CC(C)CCCOCC1CSc2ccccc21. The fraction of sp³-hybridized carbons (Fsp3) is 0.600. The van der Waals surface area contributed by atoms with Crippen molar-refractivity contribution in [2.75, 3.05) is 19.0 Å². The van der Waals surface area contributed by atoms with Gasteiger partial charge in [0.2, 0.25) is 0 Å². The minimum Gasteiger partial charge on any atom is -0.381 e. The van der Waals surface area contributed by atoms with E-state index >= 15 is 0 Å². The van der Waals surface area contributed by atoms with Crippen molar-refractivity contribution in [3.05, 3.63) is 29.8 Å². The van der Waals surface area contributed by atoms with Crippen molar-refractivity contribution in [1.82, 2.24) is 0 Å². The van der Waals surface area contributed by atoms with Crippen molar-refractivity contribution >= 4 is 11.8 Å². The summed E-state index contributed by atoms with van der Waals surface area (Å²) in [6.45, 7) is 6.34. The lowest BCUT2D eigenvalue weighted by Crippen LogP contribution is -2.08. The summed E-state index contributed by atoms with van der Waals surface area (Å²) >= 11 is 1.96. The molecule has 2 rings (SSSR count). The van der Waals surface area contributed by atoms with E-state index in [4.69, 9.17) is 4.74 Å². The van der Waals surface area contributed by atoms with Gasteiger partial charge in [-0.25, -0.2) is 0 Å². The molecule has 2 heteroatoms. The highest BCUT2D eigenvalue weighted by atomic mass is 32.2. The fourth-order valence-electron chi connectivity index (χ4n) is 2.19. The predicted molar refractivity (Wildman–Crippen MR) is 74.8 cm³/mol. The Labute approximate surface area is 109 Å². The van der Waals surface area contributed by atoms with Gasteiger partial charge in [0.25, 0.3) is 0 Å². The Morgan fingerprint density at radius 2 is 2.18 bits per heavy atom. The van der Waals surface area contributed by atoms with Crippen LogP contribution in [0.3, 0.4) is 0 Å². The highest BCUT2D eigenvalue weighted by Gasteiger charge is 2.22. The number of thioether (sulfide) groups is 1. The van der Waals surface area contributed by atoms with E-state index in [0.717, 1.165) is 19.1 Å². The molecule has 1 aromatic carbocycles. The quantitative estimate of drug-likeness (QED) is 0.695. The van der Waals surface area contributed by atoms with E-state index < -0.39 is 0 Å². The van der Waals surface area contributed by atoms with Crippen molar-refractivity contribution in [3.63, 3.8) is 0 Å². The predicted octanol–water partition coefficient (Wildman–Crippen LogP) is 4.33. The highest BCUT2D eigenvalue weighted by Crippen LogP contribution is 2.39. The van der Waals surface area contributed by atoms with Gasteiger partial charge in [-0.15, -0.1) is 11.8 Å². The number of ether oxygens (including phenoxy) is 1. The van der Waals surface area contributed by atoms with E-state index in [9.17, 15) is 0 Å². The van der Waals surface area contributed by atoms with Crippen LogP contribution in [0.2, 0.25) is 0 Å². The van der Waals surface area contributed by atoms with E-state index in [1.807, 2.05) is 11.8 Å². The van der Waals surface area contributed by atoms with Gasteiger partial charge in [0.1, 0.15) is 0 Å². The van der Waals surface area contributed by atoms with Crippen molar-refractivity contribution < 1.29 is 4.74 Å². The average molecular weight is 250 g/mol. The molecule has 0 aliphatic carbocycles. The molecule has 1 atom stereocenters. The zero-order valence-electron chi connectivity index (χ0n) is 10.8. The summed E-state index contributed by atoms with van der Waals surface area (Å²) in [7, 11) is 0. The molecule has 0 aromatic heterocycles. The Kier molecular flexibility index (Phi) is 4.93. The second kappa shape index (κ2) is 6.46. The smallest absolute Gasteiger partial charge is 0.0543 e. The molecule has 1 aliphatic heterocycles. The second-order valence-electron chi connectivity index (χ2n) is 5.16. The minimum absolute atomic E-state index is 0.607. The maximum absolute atomic E-state index is 5.81. The highest BCUT2D eigenvalue weighted by molar-refractivity contribution is 7.99. The number of benzene rings is 1. The summed E-state index contributed by atoms with van der Waals surface area (Å²) in [5, 5.41) is 0. The number of hydrogen-bond acceptors (Lipinski definition) is 2. The maximum Gasteiger partial charge on any atom is 0.0543 e. The molecule has 17 heavy (non-hydrogen) atoms. The van der Waals surface area contributed by atoms with E-state index in [1.54, 1.807) is 0 Å². The monoisotopic (exact) mass is 250 g/mol. The van der Waals surface area contributed by atoms with Crippen LogP contribution in [0.15, 0.2) is 29.2 Å². The molecule has 0 bridgehead atoms. The van der Waals surface area contributed by atoms with Gasteiger partial charge in [-0.2, -0.15) is 0 Å². The Bertz CT molecular complexity index is 349. The van der Waals surface area contributed by atoms with Gasteiger partial charge in [0.15, 0.2) is 0 Å². The largest absolute Gasteiger partial charge is 0.381 e. The topological polar surface area (TPSA) is 9.23 Å². The van der Waals surface area contributed by atoms with Crippen LogP contribution in [0.5, 0.6) is 0 Å². The first kappa shape index (κ1) is 13.0. The Morgan fingerprint density at radius 3 is 3.00 bits per heavy atom. The third-order valence-electron chi connectivity index (χ3n) is 3.19. The van der Waals surface area contributed by atoms with Crippen molar-refractivity contribution in [2.45, 2.75) is 37.5 Å². The van der Waals surface area contributed by atoms with Gasteiger partial charge in [-0.05, 0) is 30.4 Å². The molecule has 1 heterocycles. The molecule has 1 aliphatic rings. The molecule has 94 valence electrons. The van der Waals surface area contributed by atoms with Crippen LogP contribution in [-0.2, 0) is 4.74 Å². The summed E-state index contributed by atoms with van der Waals surface area (Å²) in [5.41, 5.74) is 1.49. The fourth-order valence-corrected chi connectivity index (χ4v) is 3.42. The summed E-state index contributed by atoms with van der Waals surface area (Å²) in [6, 6.07) is 8.73. The van der Waals surface area contributed by atoms with E-state index in [-0.39, 0.29) is 0 Å². The average Bonchev–Trinajstić information content (AvgIpc) is 2.72. The molecule has 0 amide bonds. The first-order chi connectivity index (χ1) is 8.27. The molecule has 0 spiro atoms. The van der Waals surface area contributed by atoms with Gasteiger partial charge in [0, 0.05) is 23.2 Å². The van der Waals surface area contributed by atoms with E-state index in [1.165, 1.54) is 29.1 Å². The Hall–Kier alpha value is -0.470. The molecule has 0 saturated heterocycles. The van der Waals surface area contributed by atoms with Crippen LogP contribution < -0.4 is 0 Å². The molecule has 1 nitrogen and oxygen atoms in total.